The average Bonchev–Trinajstić information content (AvgIpc) is 3.15. The molecule has 1 N–H and O–H groups in total. The normalized spacial score (nSPS) is 27.2. The van der Waals surface area contributed by atoms with Crippen LogP contribution in [0, 0.1) is 12.8 Å². The minimum atomic E-state index is -2.90. The molecular formula is C14H21N3O4S. The molecule has 1 aromatic heterocycles. The lowest BCUT2D eigenvalue weighted by Crippen LogP contribution is -2.41. The first kappa shape index (κ1) is 15.3. The van der Waals surface area contributed by atoms with E-state index in [9.17, 15) is 13.2 Å². The minimum absolute atomic E-state index is 0.0301. The van der Waals surface area contributed by atoms with Gasteiger partial charge in [-0.05, 0) is 32.1 Å². The zero-order chi connectivity index (χ0) is 15.7. The van der Waals surface area contributed by atoms with Crippen LogP contribution < -0.4 is 5.32 Å². The van der Waals surface area contributed by atoms with Gasteiger partial charge in [-0.3, -0.25) is 0 Å². The summed E-state index contributed by atoms with van der Waals surface area (Å²) in [6, 6.07) is 1.63. The molecule has 0 aromatic carbocycles. The van der Waals surface area contributed by atoms with Crippen LogP contribution in [-0.4, -0.2) is 49.1 Å². The highest BCUT2D eigenvalue weighted by molar-refractivity contribution is 7.91. The van der Waals surface area contributed by atoms with Crippen LogP contribution in [0.3, 0.4) is 0 Å². The molecule has 0 bridgehead atoms. The number of likely N-dealkylation sites (tertiary alicyclic amines) is 1. The number of aryl methyl sites for hydroxylation is 1. The molecule has 0 aliphatic carbocycles. The largest absolute Gasteiger partial charge is 0.359 e. The van der Waals surface area contributed by atoms with Crippen molar-refractivity contribution in [2.45, 2.75) is 32.2 Å². The molecule has 2 amide bonds. The molecule has 1 aromatic rings. The number of sulfone groups is 1. The average molecular weight is 327 g/mol. The molecule has 7 nitrogen and oxygen atoms in total. The zero-order valence-corrected chi connectivity index (χ0v) is 13.4. The van der Waals surface area contributed by atoms with E-state index in [-0.39, 0.29) is 29.5 Å². The lowest BCUT2D eigenvalue weighted by Gasteiger charge is -2.23. The van der Waals surface area contributed by atoms with E-state index in [0.717, 1.165) is 18.5 Å². The van der Waals surface area contributed by atoms with Gasteiger partial charge in [-0.1, -0.05) is 5.16 Å². The summed E-state index contributed by atoms with van der Waals surface area (Å²) in [6.45, 7) is 2.95. The second-order valence-electron chi connectivity index (χ2n) is 6.18. The summed E-state index contributed by atoms with van der Waals surface area (Å²) in [4.78, 5) is 14.1. The summed E-state index contributed by atoms with van der Waals surface area (Å²) in [5, 5.41) is 6.75. The summed E-state index contributed by atoms with van der Waals surface area (Å²) in [5.41, 5.74) is 0.804. The quantitative estimate of drug-likeness (QED) is 0.902. The zero-order valence-electron chi connectivity index (χ0n) is 12.6. The fourth-order valence-electron chi connectivity index (χ4n) is 3.21. The first-order valence-corrected chi connectivity index (χ1v) is 9.45. The van der Waals surface area contributed by atoms with E-state index in [1.165, 1.54) is 0 Å². The number of aromatic nitrogens is 1. The summed E-state index contributed by atoms with van der Waals surface area (Å²) in [5.74, 6) is 1.16. The molecular weight excluding hydrogens is 306 g/mol. The van der Waals surface area contributed by atoms with Crippen molar-refractivity contribution >= 4 is 15.9 Å². The lowest BCUT2D eigenvalue weighted by molar-refractivity contribution is 0.181. The van der Waals surface area contributed by atoms with Gasteiger partial charge in [0.05, 0.1) is 23.2 Å². The van der Waals surface area contributed by atoms with Crippen LogP contribution in [0.4, 0.5) is 4.79 Å². The topological polar surface area (TPSA) is 92.5 Å². The van der Waals surface area contributed by atoms with Crippen molar-refractivity contribution in [1.82, 2.24) is 15.4 Å². The third kappa shape index (κ3) is 3.26. The summed E-state index contributed by atoms with van der Waals surface area (Å²) >= 11 is 0. The first-order valence-electron chi connectivity index (χ1n) is 7.63. The predicted octanol–water partition coefficient (Wildman–Crippen LogP) is 1.26. The Morgan fingerprint density at radius 1 is 1.50 bits per heavy atom. The monoisotopic (exact) mass is 327 g/mol. The number of hydrogen-bond donors (Lipinski definition) is 1. The third-order valence-electron chi connectivity index (χ3n) is 4.36. The van der Waals surface area contributed by atoms with E-state index in [4.69, 9.17) is 4.52 Å². The van der Waals surface area contributed by atoms with Crippen molar-refractivity contribution in [2.24, 2.45) is 5.92 Å². The van der Waals surface area contributed by atoms with Gasteiger partial charge in [-0.2, -0.15) is 0 Å². The second-order valence-corrected chi connectivity index (χ2v) is 8.41. The molecule has 122 valence electrons. The van der Waals surface area contributed by atoms with Crippen LogP contribution in [0.1, 0.15) is 36.8 Å². The molecule has 0 spiro atoms. The summed E-state index contributed by atoms with van der Waals surface area (Å²) in [6.07, 6.45) is 2.42. The van der Waals surface area contributed by atoms with Crippen LogP contribution >= 0.6 is 0 Å². The number of urea groups is 1. The van der Waals surface area contributed by atoms with Gasteiger partial charge in [0, 0.05) is 19.2 Å². The van der Waals surface area contributed by atoms with E-state index in [1.54, 1.807) is 4.90 Å². The van der Waals surface area contributed by atoms with Crippen molar-refractivity contribution in [3.63, 3.8) is 0 Å². The number of carbonyl (C=O) groups excluding carboxylic acids is 1. The minimum Gasteiger partial charge on any atom is -0.359 e. The Balaban J connectivity index is 1.57. The number of amides is 2. The van der Waals surface area contributed by atoms with Gasteiger partial charge in [0.25, 0.3) is 0 Å². The maximum absolute atomic E-state index is 12.4. The molecule has 2 unspecified atom stereocenters. The molecule has 2 atom stereocenters. The lowest BCUT2D eigenvalue weighted by atomic mass is 10.1. The van der Waals surface area contributed by atoms with Crippen molar-refractivity contribution in [1.29, 1.82) is 0 Å². The van der Waals surface area contributed by atoms with Gasteiger partial charge < -0.3 is 14.7 Å². The highest BCUT2D eigenvalue weighted by Crippen LogP contribution is 2.32. The number of nitrogens with zero attached hydrogens (tertiary/aromatic N) is 2. The number of hydrogen-bond acceptors (Lipinski definition) is 5. The van der Waals surface area contributed by atoms with Crippen LogP contribution in [0.25, 0.3) is 0 Å². The van der Waals surface area contributed by atoms with E-state index in [2.05, 4.69) is 10.5 Å². The van der Waals surface area contributed by atoms with Crippen LogP contribution in [0.2, 0.25) is 0 Å². The summed E-state index contributed by atoms with van der Waals surface area (Å²) < 4.78 is 28.2. The third-order valence-corrected chi connectivity index (χ3v) is 6.19. The molecule has 0 radical (unpaired) electrons. The highest BCUT2D eigenvalue weighted by atomic mass is 32.2. The van der Waals surface area contributed by atoms with E-state index in [0.29, 0.717) is 25.3 Å². The summed E-state index contributed by atoms with van der Waals surface area (Å²) in [7, 11) is -2.90. The van der Waals surface area contributed by atoms with E-state index < -0.39 is 9.84 Å². The fraction of sp³-hybridized carbons (Fsp3) is 0.714. The van der Waals surface area contributed by atoms with Gasteiger partial charge in [0.1, 0.15) is 0 Å². The van der Waals surface area contributed by atoms with Crippen LogP contribution in [0.15, 0.2) is 10.6 Å². The maximum Gasteiger partial charge on any atom is 0.318 e. The van der Waals surface area contributed by atoms with Gasteiger partial charge in [0.15, 0.2) is 15.6 Å². The molecule has 22 heavy (non-hydrogen) atoms. The van der Waals surface area contributed by atoms with Crippen LogP contribution in [-0.2, 0) is 9.84 Å². The second kappa shape index (κ2) is 5.91. The molecule has 3 rings (SSSR count). The SMILES string of the molecule is Cc1cc(C2CCCN2C(=O)NCC2CCS(=O)(=O)C2)on1. The Hall–Kier alpha value is -1.57. The molecule has 2 saturated heterocycles. The molecule has 8 heteroatoms. The Morgan fingerprint density at radius 2 is 2.32 bits per heavy atom. The van der Waals surface area contributed by atoms with Gasteiger partial charge in [-0.25, -0.2) is 13.2 Å². The number of nitrogens with one attached hydrogen (secondary N) is 1. The Bertz CT molecular complexity index is 655. The molecule has 0 saturated carbocycles. The standard InChI is InChI=1S/C14H21N3O4S/c1-10-7-13(21-16-10)12-3-2-5-17(12)14(18)15-8-11-4-6-22(19,20)9-11/h7,11-12H,2-6,8-9H2,1H3,(H,15,18). The van der Waals surface area contributed by atoms with Crippen molar-refractivity contribution in [2.75, 3.05) is 24.6 Å². The van der Waals surface area contributed by atoms with Gasteiger partial charge >= 0.3 is 6.03 Å². The Labute approximate surface area is 129 Å². The Kier molecular flexibility index (Phi) is 4.12. The Morgan fingerprint density at radius 3 is 2.95 bits per heavy atom. The maximum atomic E-state index is 12.4. The number of rotatable bonds is 3. The first-order chi connectivity index (χ1) is 10.4. The fourth-order valence-corrected chi connectivity index (χ4v) is 5.07. The van der Waals surface area contributed by atoms with Crippen molar-refractivity contribution < 1.29 is 17.7 Å². The molecule has 2 aliphatic rings. The van der Waals surface area contributed by atoms with Crippen molar-refractivity contribution in [3.8, 4) is 0 Å². The smallest absolute Gasteiger partial charge is 0.318 e. The predicted molar refractivity (Wildman–Crippen MR) is 80.1 cm³/mol. The van der Waals surface area contributed by atoms with Crippen LogP contribution in [0.5, 0.6) is 0 Å². The van der Waals surface area contributed by atoms with E-state index >= 15 is 0 Å². The molecule has 3 heterocycles. The van der Waals surface area contributed by atoms with Crippen molar-refractivity contribution in [3.05, 3.63) is 17.5 Å². The highest BCUT2D eigenvalue weighted by Gasteiger charge is 2.34. The molecule has 2 fully saturated rings. The van der Waals surface area contributed by atoms with E-state index in [1.807, 2.05) is 13.0 Å². The molecule has 2 aliphatic heterocycles. The van der Waals surface area contributed by atoms with Gasteiger partial charge in [-0.15, -0.1) is 0 Å². The number of carbonyl (C=O) groups is 1. The van der Waals surface area contributed by atoms with Gasteiger partial charge in [0.2, 0.25) is 0 Å².